The van der Waals surface area contributed by atoms with Crippen LogP contribution >= 0.6 is 0 Å². The molecule has 2 N–H and O–H groups in total. The molecule has 0 amide bonds. The summed E-state index contributed by atoms with van der Waals surface area (Å²) in [5, 5.41) is 19.6. The van der Waals surface area contributed by atoms with Crippen molar-refractivity contribution in [1.82, 2.24) is 0 Å². The van der Waals surface area contributed by atoms with Crippen LogP contribution in [0.2, 0.25) is 0 Å². The Bertz CT molecular complexity index is 506. The van der Waals surface area contributed by atoms with E-state index in [0.717, 1.165) is 39.9 Å². The van der Waals surface area contributed by atoms with Crippen LogP contribution in [-0.4, -0.2) is 22.4 Å². The van der Waals surface area contributed by atoms with E-state index >= 15 is 0 Å². The average molecular weight is 256 g/mol. The minimum absolute atomic E-state index is 0.557. The first kappa shape index (κ1) is 13.8. The molecule has 2 nitrogen and oxygen atoms in total. The number of allylic oxidation sites excluding steroid dienone is 4. The molecule has 2 aliphatic carbocycles. The zero-order chi connectivity index (χ0) is 14.2. The van der Waals surface area contributed by atoms with Gasteiger partial charge in [-0.3, -0.25) is 0 Å². The summed E-state index contributed by atoms with van der Waals surface area (Å²) in [7, 11) is 0. The highest BCUT2D eigenvalue weighted by molar-refractivity contribution is 5.49. The molecule has 0 spiro atoms. The van der Waals surface area contributed by atoms with Gasteiger partial charge in [-0.2, -0.15) is 0 Å². The third kappa shape index (κ3) is 2.86. The fourth-order valence-electron chi connectivity index (χ4n) is 2.48. The maximum absolute atomic E-state index is 9.80. The summed E-state index contributed by atoms with van der Waals surface area (Å²) in [6.07, 6.45) is 7.49. The van der Waals surface area contributed by atoms with Crippen LogP contribution in [0.4, 0.5) is 0 Å². The molecule has 2 rings (SSSR count). The van der Waals surface area contributed by atoms with Crippen LogP contribution in [-0.2, 0) is 0 Å². The molecular weight excluding hydrogens is 236 g/mol. The molecule has 0 bridgehead atoms. The quantitative estimate of drug-likeness (QED) is 0.797. The predicted molar refractivity (Wildman–Crippen MR) is 78.6 cm³/mol. The maximum Gasteiger partial charge on any atom is 0.0995 e. The zero-order valence-corrected chi connectivity index (χ0v) is 11.5. The van der Waals surface area contributed by atoms with Gasteiger partial charge in [-0.05, 0) is 53.7 Å². The van der Waals surface area contributed by atoms with Gasteiger partial charge in [0.25, 0.3) is 0 Å². The third-order valence-corrected chi connectivity index (χ3v) is 3.54. The fourth-order valence-corrected chi connectivity index (χ4v) is 2.48. The summed E-state index contributed by atoms with van der Waals surface area (Å²) in [4.78, 5) is 0. The zero-order valence-electron chi connectivity index (χ0n) is 11.5. The maximum atomic E-state index is 9.80. The van der Waals surface area contributed by atoms with Crippen molar-refractivity contribution in [3.05, 3.63) is 70.9 Å². The monoisotopic (exact) mass is 256 g/mol. The minimum Gasteiger partial charge on any atom is -0.384 e. The van der Waals surface area contributed by atoms with Gasteiger partial charge in [0.2, 0.25) is 0 Å². The van der Waals surface area contributed by atoms with Crippen molar-refractivity contribution in [2.45, 2.75) is 32.5 Å². The second-order valence-electron chi connectivity index (χ2n) is 5.35. The molecule has 100 valence electrons. The first-order chi connectivity index (χ1) is 8.88. The molecule has 0 fully saturated rings. The van der Waals surface area contributed by atoms with Gasteiger partial charge >= 0.3 is 0 Å². The Balaban J connectivity index is 2.20. The van der Waals surface area contributed by atoms with E-state index in [4.69, 9.17) is 0 Å². The van der Waals surface area contributed by atoms with Gasteiger partial charge in [-0.1, -0.05) is 37.5 Å². The highest BCUT2D eigenvalue weighted by Crippen LogP contribution is 2.29. The SMILES string of the molecule is C=C1C=C(CC2=CC(=C)C(O)C(C)=C2)C=C(C)C1O. The number of aliphatic hydroxyl groups excluding tert-OH is 2. The van der Waals surface area contributed by atoms with E-state index in [1.807, 2.05) is 38.2 Å². The van der Waals surface area contributed by atoms with Crippen molar-refractivity contribution >= 4 is 0 Å². The van der Waals surface area contributed by atoms with E-state index in [9.17, 15) is 10.2 Å². The van der Waals surface area contributed by atoms with Crippen LogP contribution in [0.5, 0.6) is 0 Å². The van der Waals surface area contributed by atoms with Gasteiger partial charge in [0.15, 0.2) is 0 Å². The highest BCUT2D eigenvalue weighted by atomic mass is 16.3. The van der Waals surface area contributed by atoms with Gasteiger partial charge in [0, 0.05) is 0 Å². The van der Waals surface area contributed by atoms with E-state index in [2.05, 4.69) is 13.2 Å². The smallest absolute Gasteiger partial charge is 0.0995 e. The Morgan fingerprint density at radius 1 is 0.842 bits per heavy atom. The van der Waals surface area contributed by atoms with Crippen molar-refractivity contribution in [3.63, 3.8) is 0 Å². The summed E-state index contributed by atoms with van der Waals surface area (Å²) in [6, 6.07) is 0. The van der Waals surface area contributed by atoms with Crippen molar-refractivity contribution in [1.29, 1.82) is 0 Å². The molecule has 0 saturated heterocycles. The Hall–Kier alpha value is -1.64. The van der Waals surface area contributed by atoms with Crippen molar-refractivity contribution in [2.24, 2.45) is 0 Å². The topological polar surface area (TPSA) is 40.5 Å². The van der Waals surface area contributed by atoms with Gasteiger partial charge in [0.1, 0.15) is 0 Å². The van der Waals surface area contributed by atoms with Gasteiger partial charge in [-0.15, -0.1) is 0 Å². The molecule has 0 heterocycles. The fraction of sp³-hybridized carbons (Fsp3) is 0.294. The molecule has 0 aromatic heterocycles. The molecule has 0 saturated carbocycles. The second kappa shape index (κ2) is 5.16. The van der Waals surface area contributed by atoms with Crippen molar-refractivity contribution < 1.29 is 10.2 Å². The molecule has 0 aromatic rings. The van der Waals surface area contributed by atoms with Gasteiger partial charge < -0.3 is 10.2 Å². The third-order valence-electron chi connectivity index (χ3n) is 3.54. The summed E-state index contributed by atoms with van der Waals surface area (Å²) in [6.45, 7) is 11.6. The molecule has 2 atom stereocenters. The van der Waals surface area contributed by atoms with Crippen molar-refractivity contribution in [3.8, 4) is 0 Å². The molecule has 2 aliphatic rings. The lowest BCUT2D eigenvalue weighted by Crippen LogP contribution is -2.15. The van der Waals surface area contributed by atoms with E-state index < -0.39 is 12.2 Å². The lowest BCUT2D eigenvalue weighted by atomic mass is 9.87. The Morgan fingerprint density at radius 3 is 1.53 bits per heavy atom. The number of aliphatic hydroxyl groups is 2. The first-order valence-corrected chi connectivity index (χ1v) is 6.39. The van der Waals surface area contributed by atoms with Gasteiger partial charge in [0.05, 0.1) is 12.2 Å². The number of hydrogen-bond acceptors (Lipinski definition) is 2. The lowest BCUT2D eigenvalue weighted by Gasteiger charge is -2.22. The Kier molecular flexibility index (Phi) is 3.74. The summed E-state index contributed by atoms with van der Waals surface area (Å²) in [5.41, 5.74) is 5.52. The number of hydrogen-bond donors (Lipinski definition) is 2. The molecule has 19 heavy (non-hydrogen) atoms. The second-order valence-corrected chi connectivity index (χ2v) is 5.35. The minimum atomic E-state index is -0.557. The standard InChI is InChI=1S/C17H20O2/c1-10-5-14(6-11(2)16(10)18)9-15-7-12(3)17(19)13(4)8-15/h5-8,16-19H,1,3,9H2,2,4H3. The molecule has 2 heteroatoms. The molecule has 2 unspecified atom stereocenters. The highest BCUT2D eigenvalue weighted by Gasteiger charge is 2.18. The van der Waals surface area contributed by atoms with Crippen LogP contribution in [0.1, 0.15) is 20.3 Å². The van der Waals surface area contributed by atoms with Crippen LogP contribution in [0.3, 0.4) is 0 Å². The summed E-state index contributed by atoms with van der Waals surface area (Å²) < 4.78 is 0. The molecule has 0 aromatic carbocycles. The van der Waals surface area contributed by atoms with Crippen LogP contribution < -0.4 is 0 Å². The van der Waals surface area contributed by atoms with E-state index in [1.165, 1.54) is 0 Å². The first-order valence-electron chi connectivity index (χ1n) is 6.39. The van der Waals surface area contributed by atoms with E-state index in [1.54, 1.807) is 0 Å². The van der Waals surface area contributed by atoms with E-state index in [0.29, 0.717) is 0 Å². The number of rotatable bonds is 2. The average Bonchev–Trinajstić information content (AvgIpc) is 2.33. The Labute approximate surface area is 114 Å². The van der Waals surface area contributed by atoms with E-state index in [-0.39, 0.29) is 0 Å². The summed E-state index contributed by atoms with van der Waals surface area (Å²) in [5.74, 6) is 0. The molecule has 0 aliphatic heterocycles. The Morgan fingerprint density at radius 2 is 1.21 bits per heavy atom. The van der Waals surface area contributed by atoms with Crippen LogP contribution in [0.15, 0.2) is 70.9 Å². The normalized spacial score (nSPS) is 27.6. The molecular formula is C17H20O2. The molecule has 0 radical (unpaired) electrons. The van der Waals surface area contributed by atoms with Gasteiger partial charge in [-0.25, -0.2) is 0 Å². The largest absolute Gasteiger partial charge is 0.384 e. The summed E-state index contributed by atoms with van der Waals surface area (Å²) >= 11 is 0. The lowest BCUT2D eigenvalue weighted by molar-refractivity contribution is 0.249. The van der Waals surface area contributed by atoms with Crippen LogP contribution in [0, 0.1) is 0 Å². The van der Waals surface area contributed by atoms with Crippen LogP contribution in [0.25, 0.3) is 0 Å². The predicted octanol–water partition coefficient (Wildman–Crippen LogP) is 2.98. The van der Waals surface area contributed by atoms with Crippen molar-refractivity contribution in [2.75, 3.05) is 0 Å².